The molecule has 57 heavy (non-hydrogen) atoms. The van der Waals surface area contributed by atoms with Crippen LogP contribution in [-0.4, -0.2) is 58.2 Å². The summed E-state index contributed by atoms with van der Waals surface area (Å²) < 4.78 is 16.1. The Morgan fingerprint density at radius 3 is 1.56 bits per heavy atom. The van der Waals surface area contributed by atoms with Gasteiger partial charge in [-0.05, 0) is 92.1 Å². The van der Waals surface area contributed by atoms with Crippen LogP contribution >= 0.6 is 35.3 Å². The van der Waals surface area contributed by atoms with Gasteiger partial charge in [-0.15, -0.1) is 35.3 Å². The molecular formula is C41H44N2O11S3. The van der Waals surface area contributed by atoms with Gasteiger partial charge in [0.25, 0.3) is 11.4 Å². The van der Waals surface area contributed by atoms with E-state index < -0.39 is 15.8 Å². The number of ether oxygens (including phenoxy) is 3. The molecule has 5 aromatic rings. The maximum absolute atomic E-state index is 10.7. The van der Waals surface area contributed by atoms with Gasteiger partial charge in [0.15, 0.2) is 0 Å². The molecule has 0 unspecified atom stereocenters. The van der Waals surface area contributed by atoms with Crippen molar-refractivity contribution in [3.05, 3.63) is 139 Å². The molecule has 5 aromatic carbocycles. The average Bonchev–Trinajstić information content (AvgIpc) is 3.18. The van der Waals surface area contributed by atoms with Crippen molar-refractivity contribution in [1.82, 2.24) is 0 Å². The predicted octanol–water partition coefficient (Wildman–Crippen LogP) is 10.4. The molecule has 0 saturated carbocycles. The Morgan fingerprint density at radius 1 is 0.649 bits per heavy atom. The highest BCUT2D eigenvalue weighted by Crippen LogP contribution is 2.38. The standard InChI is InChI=1S/C16H18O4S.C16H18OS.C9H8N2O6S/c1-18-12-8-15(19-2)14(16(9-12)20-3)10-21-13-6-4-11(17)5-7-13;1-11-8-12(2)16(13(3)9-11)10-18-15-6-4-14(17)5-7-15;12-9(13)3-4-18-8-2-1-6(10(14)15)5-7(8)11(16)17/h4-9,17H,10H2,1-3H3;4-9,17H,10H2,1-3H3;1-2,5H,3-4H2,(H,12,13). The number of aryl methyl sites for hydroxylation is 3. The molecule has 3 N–H and O–H groups in total. The number of phenols is 2. The van der Waals surface area contributed by atoms with E-state index in [1.807, 2.05) is 36.4 Å². The van der Waals surface area contributed by atoms with Gasteiger partial charge in [0.05, 0.1) is 48.6 Å². The van der Waals surface area contributed by atoms with Crippen LogP contribution in [0.25, 0.3) is 0 Å². The molecule has 0 bridgehead atoms. The predicted molar refractivity (Wildman–Crippen MR) is 225 cm³/mol. The Hall–Kier alpha value is -5.58. The summed E-state index contributed by atoms with van der Waals surface area (Å²) in [6.07, 6.45) is -0.140. The highest BCUT2D eigenvalue weighted by molar-refractivity contribution is 7.99. The third-order valence-corrected chi connectivity index (χ3v) is 11.2. The molecule has 0 heterocycles. The number of phenolic OH excluding ortho intramolecular Hbond substituents is 2. The number of thioether (sulfide) groups is 3. The van der Waals surface area contributed by atoms with Crippen LogP contribution in [0.2, 0.25) is 0 Å². The zero-order valence-electron chi connectivity index (χ0n) is 32.2. The smallest absolute Gasteiger partial charge is 0.304 e. The number of hydrogen-bond donors (Lipinski definition) is 3. The van der Waals surface area contributed by atoms with Gasteiger partial charge < -0.3 is 29.5 Å². The zero-order valence-corrected chi connectivity index (χ0v) is 34.7. The number of aromatic hydroxyl groups is 2. The Labute approximate surface area is 343 Å². The topological polar surface area (TPSA) is 192 Å². The molecule has 302 valence electrons. The summed E-state index contributed by atoms with van der Waals surface area (Å²) in [5, 5.41) is 48.2. The second-order valence-electron chi connectivity index (χ2n) is 12.1. The first-order chi connectivity index (χ1) is 27.1. The number of carboxylic acids is 1. The summed E-state index contributed by atoms with van der Waals surface area (Å²) in [5.41, 5.74) is 5.67. The van der Waals surface area contributed by atoms with E-state index in [4.69, 9.17) is 19.3 Å². The van der Waals surface area contributed by atoms with E-state index in [-0.39, 0.29) is 34.2 Å². The normalized spacial score (nSPS) is 10.3. The second-order valence-corrected chi connectivity index (χ2v) is 15.3. The van der Waals surface area contributed by atoms with Gasteiger partial charge in [-0.3, -0.25) is 25.0 Å². The number of non-ortho nitro benzene ring substituents is 1. The number of nitro groups is 2. The van der Waals surface area contributed by atoms with Gasteiger partial charge in [0, 0.05) is 50.8 Å². The van der Waals surface area contributed by atoms with Crippen molar-refractivity contribution in [2.75, 3.05) is 27.1 Å². The summed E-state index contributed by atoms with van der Waals surface area (Å²) in [6.45, 7) is 6.48. The first-order valence-electron chi connectivity index (χ1n) is 17.1. The van der Waals surface area contributed by atoms with E-state index in [1.165, 1.54) is 33.2 Å². The van der Waals surface area contributed by atoms with E-state index in [0.29, 0.717) is 17.3 Å². The van der Waals surface area contributed by atoms with Crippen LogP contribution in [0.1, 0.15) is 34.2 Å². The van der Waals surface area contributed by atoms with Gasteiger partial charge in [-0.25, -0.2) is 0 Å². The first kappa shape index (κ1) is 45.8. The number of rotatable bonds is 15. The summed E-state index contributed by atoms with van der Waals surface area (Å²) >= 11 is 4.43. The molecule has 0 fully saturated rings. The lowest BCUT2D eigenvalue weighted by atomic mass is 10.0. The van der Waals surface area contributed by atoms with Crippen molar-refractivity contribution in [3.8, 4) is 28.7 Å². The third kappa shape index (κ3) is 14.8. The van der Waals surface area contributed by atoms with Crippen molar-refractivity contribution in [2.24, 2.45) is 0 Å². The van der Waals surface area contributed by atoms with Crippen molar-refractivity contribution in [1.29, 1.82) is 0 Å². The third-order valence-electron chi connectivity index (χ3n) is 8.02. The SMILES string of the molecule is COc1cc(OC)c(CSc2ccc(O)cc2)c(OC)c1.Cc1cc(C)c(CSc2ccc(O)cc2)c(C)c1.O=C(O)CCSc1ccc([N+](=O)[O-])cc1[N+](=O)[O-]. The molecule has 0 aliphatic heterocycles. The Kier molecular flexibility index (Phi) is 18.4. The molecule has 0 spiro atoms. The fourth-order valence-corrected chi connectivity index (χ4v) is 8.15. The zero-order chi connectivity index (χ0) is 42.1. The molecule has 0 aromatic heterocycles. The van der Waals surface area contributed by atoms with Crippen LogP contribution < -0.4 is 14.2 Å². The van der Waals surface area contributed by atoms with Crippen LogP contribution in [0.15, 0.2) is 106 Å². The van der Waals surface area contributed by atoms with E-state index in [1.54, 1.807) is 69.1 Å². The molecule has 0 amide bonds. The fraction of sp³-hybridized carbons (Fsp3) is 0.244. The summed E-state index contributed by atoms with van der Waals surface area (Å²) in [5.74, 6) is 3.57. The minimum absolute atomic E-state index is 0.140. The molecule has 16 heteroatoms. The monoisotopic (exact) mass is 836 g/mol. The maximum atomic E-state index is 10.7. The Morgan fingerprint density at radius 2 is 1.14 bits per heavy atom. The Balaban J connectivity index is 0.000000230. The number of hydrogen-bond acceptors (Lipinski definition) is 13. The van der Waals surface area contributed by atoms with E-state index in [0.717, 1.165) is 51.6 Å². The second kappa shape index (κ2) is 22.8. The first-order valence-corrected chi connectivity index (χ1v) is 20.1. The van der Waals surface area contributed by atoms with Gasteiger partial charge in [0.1, 0.15) is 28.7 Å². The van der Waals surface area contributed by atoms with Crippen molar-refractivity contribution < 1.29 is 44.2 Å². The molecule has 5 rings (SSSR count). The Bertz CT molecular complexity index is 2080. The lowest BCUT2D eigenvalue weighted by Crippen LogP contribution is -1.98. The minimum Gasteiger partial charge on any atom is -0.508 e. The number of carbonyl (C=O) groups is 1. The van der Waals surface area contributed by atoms with Crippen LogP contribution in [0.3, 0.4) is 0 Å². The number of benzene rings is 5. The van der Waals surface area contributed by atoms with Gasteiger partial charge >= 0.3 is 5.97 Å². The van der Waals surface area contributed by atoms with Gasteiger partial charge in [-0.1, -0.05) is 17.7 Å². The van der Waals surface area contributed by atoms with E-state index in [9.17, 15) is 35.2 Å². The number of nitrogens with zero attached hydrogens (tertiary/aromatic N) is 2. The fourth-order valence-electron chi connectivity index (χ4n) is 5.19. The molecule has 13 nitrogen and oxygen atoms in total. The molecule has 0 atom stereocenters. The lowest BCUT2D eigenvalue weighted by molar-refractivity contribution is -0.396. The number of methoxy groups -OCH3 is 3. The highest BCUT2D eigenvalue weighted by atomic mass is 32.2. The number of carboxylic acid groups (broad SMARTS) is 1. The molecule has 0 aliphatic rings. The molecule has 0 saturated heterocycles. The van der Waals surface area contributed by atoms with Gasteiger partial charge in [0.2, 0.25) is 0 Å². The van der Waals surface area contributed by atoms with Crippen LogP contribution in [0.5, 0.6) is 28.7 Å². The largest absolute Gasteiger partial charge is 0.508 e. The summed E-state index contributed by atoms with van der Waals surface area (Å²) in [4.78, 5) is 32.6. The van der Waals surface area contributed by atoms with Crippen LogP contribution in [0, 0.1) is 41.0 Å². The van der Waals surface area contributed by atoms with Crippen LogP contribution in [0.4, 0.5) is 11.4 Å². The average molecular weight is 837 g/mol. The minimum atomic E-state index is -1.01. The van der Waals surface area contributed by atoms with E-state index in [2.05, 4.69) is 32.9 Å². The van der Waals surface area contributed by atoms with Crippen molar-refractivity contribution in [2.45, 2.75) is 53.4 Å². The summed E-state index contributed by atoms with van der Waals surface area (Å²) in [7, 11) is 4.87. The van der Waals surface area contributed by atoms with Crippen molar-refractivity contribution in [3.63, 3.8) is 0 Å². The molecule has 0 aliphatic carbocycles. The van der Waals surface area contributed by atoms with Gasteiger partial charge in [-0.2, -0.15) is 0 Å². The van der Waals surface area contributed by atoms with E-state index >= 15 is 0 Å². The maximum Gasteiger partial charge on any atom is 0.304 e. The molecule has 0 radical (unpaired) electrons. The molecular weight excluding hydrogens is 793 g/mol. The number of aliphatic carboxylic acids is 1. The number of nitro benzene ring substituents is 2. The quantitative estimate of drug-likeness (QED) is 0.0512. The lowest BCUT2D eigenvalue weighted by Gasteiger charge is -2.14. The summed E-state index contributed by atoms with van der Waals surface area (Å²) in [6, 6.07) is 25.9. The van der Waals surface area contributed by atoms with Crippen LogP contribution in [-0.2, 0) is 16.3 Å². The van der Waals surface area contributed by atoms with Crippen molar-refractivity contribution >= 4 is 52.6 Å². The highest BCUT2D eigenvalue weighted by Gasteiger charge is 2.20.